The van der Waals surface area contributed by atoms with Crippen LogP contribution in [-0.4, -0.2) is 5.33 Å². The van der Waals surface area contributed by atoms with Gasteiger partial charge in [-0.15, -0.1) is 0 Å². The van der Waals surface area contributed by atoms with Gasteiger partial charge in [0, 0.05) is 11.2 Å². The van der Waals surface area contributed by atoms with E-state index in [4.69, 9.17) is 0 Å². The molecular weight excluding hydrogens is 332 g/mol. The number of hydrogen-bond donors (Lipinski definition) is 0. The molecular formula is C21H15Br. The van der Waals surface area contributed by atoms with Crippen molar-refractivity contribution in [2.24, 2.45) is 0 Å². The number of alkyl halides is 1. The Morgan fingerprint density at radius 1 is 0.636 bits per heavy atom. The molecule has 0 heterocycles. The average molecular weight is 347 g/mol. The molecule has 0 amide bonds. The third-order valence-corrected chi connectivity index (χ3v) is 6.24. The number of halogens is 1. The van der Waals surface area contributed by atoms with E-state index in [2.05, 4.69) is 88.7 Å². The van der Waals surface area contributed by atoms with Crippen molar-refractivity contribution in [1.82, 2.24) is 0 Å². The molecule has 0 fully saturated rings. The van der Waals surface area contributed by atoms with Crippen LogP contribution in [0.3, 0.4) is 0 Å². The molecule has 106 valence electrons. The first kappa shape index (κ1) is 12.7. The Kier molecular flexibility index (Phi) is 2.49. The van der Waals surface area contributed by atoms with Crippen LogP contribution in [0, 0.1) is 0 Å². The van der Waals surface area contributed by atoms with Crippen LogP contribution in [0.25, 0.3) is 0 Å². The molecule has 3 aliphatic carbocycles. The van der Waals surface area contributed by atoms with Crippen molar-refractivity contribution in [2.75, 3.05) is 5.33 Å². The molecule has 0 aromatic heterocycles. The average Bonchev–Trinajstić information content (AvgIpc) is 2.61. The minimum Gasteiger partial charge on any atom is -0.0911 e. The first-order chi connectivity index (χ1) is 10.9. The second-order valence-electron chi connectivity index (χ2n) is 6.23. The van der Waals surface area contributed by atoms with E-state index >= 15 is 0 Å². The van der Waals surface area contributed by atoms with E-state index < -0.39 is 0 Å². The van der Waals surface area contributed by atoms with Crippen molar-refractivity contribution in [2.45, 2.75) is 11.3 Å². The lowest BCUT2D eigenvalue weighted by Crippen LogP contribution is -2.43. The van der Waals surface area contributed by atoms with E-state index in [-0.39, 0.29) is 5.41 Å². The second-order valence-corrected chi connectivity index (χ2v) is 6.79. The maximum absolute atomic E-state index is 3.86. The minimum atomic E-state index is -0.0570. The van der Waals surface area contributed by atoms with Crippen LogP contribution < -0.4 is 0 Å². The van der Waals surface area contributed by atoms with Gasteiger partial charge in [0.15, 0.2) is 0 Å². The third kappa shape index (κ3) is 1.30. The van der Waals surface area contributed by atoms with Gasteiger partial charge in [-0.2, -0.15) is 0 Å². The first-order valence-electron chi connectivity index (χ1n) is 7.72. The zero-order valence-corrected chi connectivity index (χ0v) is 13.7. The van der Waals surface area contributed by atoms with E-state index in [9.17, 15) is 0 Å². The molecule has 0 aliphatic heterocycles. The van der Waals surface area contributed by atoms with Gasteiger partial charge in [-0.25, -0.2) is 0 Å². The summed E-state index contributed by atoms with van der Waals surface area (Å²) in [5, 5.41) is 0.914. The van der Waals surface area contributed by atoms with Crippen LogP contribution in [0.15, 0.2) is 72.8 Å². The molecule has 0 radical (unpaired) electrons. The van der Waals surface area contributed by atoms with Gasteiger partial charge >= 0.3 is 0 Å². The first-order valence-corrected chi connectivity index (χ1v) is 8.84. The van der Waals surface area contributed by atoms with Crippen molar-refractivity contribution in [3.8, 4) is 0 Å². The van der Waals surface area contributed by atoms with Gasteiger partial charge in [0.1, 0.15) is 0 Å². The molecule has 6 rings (SSSR count). The van der Waals surface area contributed by atoms with Gasteiger partial charge in [0.2, 0.25) is 0 Å². The summed E-state index contributed by atoms with van der Waals surface area (Å²) in [5.41, 5.74) is 8.76. The van der Waals surface area contributed by atoms with E-state index in [0.29, 0.717) is 5.92 Å². The predicted molar refractivity (Wildman–Crippen MR) is 93.9 cm³/mol. The van der Waals surface area contributed by atoms with Gasteiger partial charge in [-0.3, -0.25) is 0 Å². The van der Waals surface area contributed by atoms with Crippen molar-refractivity contribution in [1.29, 1.82) is 0 Å². The summed E-state index contributed by atoms with van der Waals surface area (Å²) in [6, 6.07) is 26.9. The van der Waals surface area contributed by atoms with Crippen molar-refractivity contribution in [3.05, 3.63) is 106 Å². The summed E-state index contributed by atoms with van der Waals surface area (Å²) in [6.07, 6.45) is 0. The largest absolute Gasteiger partial charge is 0.0911 e. The molecule has 1 heteroatoms. The van der Waals surface area contributed by atoms with Gasteiger partial charge in [-0.1, -0.05) is 88.7 Å². The smallest absolute Gasteiger partial charge is 0.0556 e. The SMILES string of the molecule is BrCC12c3ccccc3C(c3ccccc31)c1ccccc12. The van der Waals surface area contributed by atoms with Gasteiger partial charge in [0.25, 0.3) is 0 Å². The normalized spacial score (nSPS) is 23.6. The topological polar surface area (TPSA) is 0 Å². The maximum atomic E-state index is 3.86. The molecule has 0 N–H and O–H groups in total. The minimum absolute atomic E-state index is 0.0570. The summed E-state index contributed by atoms with van der Waals surface area (Å²) < 4.78 is 0. The Morgan fingerprint density at radius 3 is 1.36 bits per heavy atom. The highest BCUT2D eigenvalue weighted by atomic mass is 79.9. The van der Waals surface area contributed by atoms with Crippen molar-refractivity contribution < 1.29 is 0 Å². The fourth-order valence-corrected chi connectivity index (χ4v) is 5.47. The standard InChI is InChI=1S/C21H15Br/c22-13-21-17-10-4-1-7-14(17)20(15-8-2-5-11-18(15)21)16-9-3-6-12-19(16)21/h1-12,20H,13H2. The monoisotopic (exact) mass is 346 g/mol. The summed E-state index contributed by atoms with van der Waals surface area (Å²) in [4.78, 5) is 0. The van der Waals surface area contributed by atoms with E-state index in [1.165, 1.54) is 33.4 Å². The lowest BCUT2D eigenvalue weighted by molar-refractivity contribution is 0.605. The molecule has 3 aromatic carbocycles. The molecule has 0 unspecified atom stereocenters. The highest BCUT2D eigenvalue weighted by Crippen LogP contribution is 2.59. The molecule has 0 atom stereocenters. The van der Waals surface area contributed by atoms with Gasteiger partial charge in [-0.05, 0) is 33.4 Å². The number of benzene rings is 3. The van der Waals surface area contributed by atoms with Crippen LogP contribution in [0.5, 0.6) is 0 Å². The molecule has 2 bridgehead atoms. The second kappa shape index (κ2) is 4.33. The molecule has 22 heavy (non-hydrogen) atoms. The Balaban J connectivity index is 2.00. The van der Waals surface area contributed by atoms with Crippen LogP contribution >= 0.6 is 15.9 Å². The maximum Gasteiger partial charge on any atom is 0.0556 e. The fourth-order valence-electron chi connectivity index (χ4n) is 4.57. The van der Waals surface area contributed by atoms with Crippen molar-refractivity contribution >= 4 is 15.9 Å². The summed E-state index contributed by atoms with van der Waals surface area (Å²) >= 11 is 3.86. The van der Waals surface area contributed by atoms with Crippen LogP contribution in [0.4, 0.5) is 0 Å². The van der Waals surface area contributed by atoms with E-state index in [1.54, 1.807) is 0 Å². The van der Waals surface area contributed by atoms with Gasteiger partial charge in [0.05, 0.1) is 5.41 Å². The summed E-state index contributed by atoms with van der Waals surface area (Å²) in [6.45, 7) is 0. The van der Waals surface area contributed by atoms with Crippen LogP contribution in [-0.2, 0) is 5.41 Å². The van der Waals surface area contributed by atoms with Crippen molar-refractivity contribution in [3.63, 3.8) is 0 Å². The summed E-state index contributed by atoms with van der Waals surface area (Å²) in [5.74, 6) is 0.379. The lowest BCUT2D eigenvalue weighted by atomic mass is 9.54. The number of hydrogen-bond acceptors (Lipinski definition) is 0. The Morgan fingerprint density at radius 2 is 1.00 bits per heavy atom. The Labute approximate surface area is 138 Å². The Bertz CT molecular complexity index is 778. The Hall–Kier alpha value is -1.86. The highest BCUT2D eigenvalue weighted by Gasteiger charge is 2.50. The quantitative estimate of drug-likeness (QED) is 0.529. The molecule has 0 nitrogen and oxygen atoms in total. The van der Waals surface area contributed by atoms with Crippen LogP contribution in [0.1, 0.15) is 39.3 Å². The van der Waals surface area contributed by atoms with E-state index in [0.717, 1.165) is 5.33 Å². The van der Waals surface area contributed by atoms with Gasteiger partial charge < -0.3 is 0 Å². The van der Waals surface area contributed by atoms with E-state index in [1.807, 2.05) is 0 Å². The van der Waals surface area contributed by atoms with Crippen LogP contribution in [0.2, 0.25) is 0 Å². The molecule has 3 aliphatic rings. The molecule has 0 saturated carbocycles. The highest BCUT2D eigenvalue weighted by molar-refractivity contribution is 9.09. The fraction of sp³-hybridized carbons (Fsp3) is 0.143. The molecule has 0 saturated heterocycles. The third-order valence-electron chi connectivity index (χ3n) is 5.40. The predicted octanol–water partition coefficient (Wildman–Crippen LogP) is 5.22. The zero-order valence-electron chi connectivity index (χ0n) is 12.1. The lowest BCUT2D eigenvalue weighted by Gasteiger charge is -2.50. The number of rotatable bonds is 1. The molecule has 0 spiro atoms. The zero-order chi connectivity index (χ0) is 14.7. The summed E-state index contributed by atoms with van der Waals surface area (Å²) in [7, 11) is 0. The molecule has 3 aromatic rings.